The second kappa shape index (κ2) is 12.3. The average molecular weight is 576 g/mol. The lowest BCUT2D eigenvalue weighted by atomic mass is 10.1. The number of methoxy groups -OCH3 is 1. The second-order valence-corrected chi connectivity index (χ2v) is 9.82. The van der Waals surface area contributed by atoms with Crippen LogP contribution in [0.1, 0.15) is 27.0 Å². The number of alkyl halides is 3. The normalized spacial score (nSPS) is 11.3. The molecule has 2 heterocycles. The van der Waals surface area contributed by atoms with E-state index in [2.05, 4.69) is 20.5 Å². The zero-order valence-corrected chi connectivity index (χ0v) is 22.6. The lowest BCUT2D eigenvalue weighted by molar-refractivity contribution is -0.137. The topological polar surface area (TPSA) is 81.9 Å². The summed E-state index contributed by atoms with van der Waals surface area (Å²) in [4.78, 5) is 17.3. The van der Waals surface area contributed by atoms with Gasteiger partial charge >= 0.3 is 6.18 Å². The van der Waals surface area contributed by atoms with E-state index in [4.69, 9.17) is 4.74 Å². The minimum Gasteiger partial charge on any atom is -0.495 e. The molecular formula is C30H24F3N5O2S. The van der Waals surface area contributed by atoms with Crippen molar-refractivity contribution in [3.63, 3.8) is 0 Å². The lowest BCUT2D eigenvalue weighted by Gasteiger charge is -2.14. The van der Waals surface area contributed by atoms with Crippen molar-refractivity contribution < 1.29 is 22.7 Å². The van der Waals surface area contributed by atoms with Crippen molar-refractivity contribution in [2.45, 2.75) is 23.6 Å². The highest BCUT2D eigenvalue weighted by atomic mass is 32.2. The third-order valence-corrected chi connectivity index (χ3v) is 7.18. The Bertz CT molecular complexity index is 1660. The van der Waals surface area contributed by atoms with E-state index in [1.165, 1.54) is 17.8 Å². The molecule has 0 aliphatic heterocycles. The molecule has 41 heavy (non-hydrogen) atoms. The summed E-state index contributed by atoms with van der Waals surface area (Å²) in [5.74, 6) is 1.21. The molecule has 5 aromatic rings. The summed E-state index contributed by atoms with van der Waals surface area (Å²) in [6.45, 7) is -0.0408. The first-order valence-electron chi connectivity index (χ1n) is 12.5. The van der Waals surface area contributed by atoms with Crippen molar-refractivity contribution in [3.8, 4) is 22.8 Å². The number of rotatable bonds is 9. The summed E-state index contributed by atoms with van der Waals surface area (Å²) < 4.78 is 46.7. The zero-order chi connectivity index (χ0) is 28.8. The average Bonchev–Trinajstić information content (AvgIpc) is 3.43. The van der Waals surface area contributed by atoms with E-state index < -0.39 is 11.7 Å². The number of aromatic nitrogens is 4. The Morgan fingerprint density at radius 2 is 1.78 bits per heavy atom. The summed E-state index contributed by atoms with van der Waals surface area (Å²) >= 11 is 1.39. The Balaban J connectivity index is 1.39. The molecule has 5 rings (SSSR count). The van der Waals surface area contributed by atoms with Gasteiger partial charge in [-0.1, -0.05) is 54.2 Å². The van der Waals surface area contributed by atoms with E-state index in [0.29, 0.717) is 33.6 Å². The number of thioether (sulfide) groups is 1. The van der Waals surface area contributed by atoms with Crippen LogP contribution in [-0.2, 0) is 18.5 Å². The SMILES string of the molecule is COc1ccccc1-n1c(SCc2ccccc2C(=O)NCc2cccc(C(F)(F)F)c2)nnc1-c1cccnc1. The molecule has 1 N–H and O–H groups in total. The maximum atomic E-state index is 13.1. The van der Waals surface area contributed by atoms with Crippen LogP contribution in [0.3, 0.4) is 0 Å². The van der Waals surface area contributed by atoms with Crippen molar-refractivity contribution in [1.29, 1.82) is 0 Å². The summed E-state index contributed by atoms with van der Waals surface area (Å²) in [5, 5.41) is 12.2. The van der Waals surface area contributed by atoms with E-state index in [-0.39, 0.29) is 12.5 Å². The molecule has 208 valence electrons. The third-order valence-electron chi connectivity index (χ3n) is 6.21. The molecule has 0 aliphatic rings. The maximum absolute atomic E-state index is 13.1. The van der Waals surface area contributed by atoms with Gasteiger partial charge in [0.05, 0.1) is 18.4 Å². The van der Waals surface area contributed by atoms with Gasteiger partial charge in [-0.2, -0.15) is 13.2 Å². The monoisotopic (exact) mass is 575 g/mol. The van der Waals surface area contributed by atoms with Crippen molar-refractivity contribution in [3.05, 3.63) is 120 Å². The van der Waals surface area contributed by atoms with Gasteiger partial charge in [-0.25, -0.2) is 0 Å². The van der Waals surface area contributed by atoms with Crippen LogP contribution in [0.5, 0.6) is 5.75 Å². The number of para-hydroxylation sites is 2. The molecule has 0 aliphatic carbocycles. The zero-order valence-electron chi connectivity index (χ0n) is 21.8. The summed E-state index contributed by atoms with van der Waals surface area (Å²) in [6, 6.07) is 23.2. The highest BCUT2D eigenvalue weighted by Gasteiger charge is 2.30. The van der Waals surface area contributed by atoms with Gasteiger partial charge in [0.2, 0.25) is 0 Å². The van der Waals surface area contributed by atoms with Crippen LogP contribution in [0.2, 0.25) is 0 Å². The number of nitrogens with zero attached hydrogens (tertiary/aromatic N) is 4. The Hall–Kier alpha value is -4.64. The van der Waals surface area contributed by atoms with E-state index in [1.54, 1.807) is 37.7 Å². The lowest BCUT2D eigenvalue weighted by Crippen LogP contribution is -2.24. The van der Waals surface area contributed by atoms with E-state index in [9.17, 15) is 18.0 Å². The second-order valence-electron chi connectivity index (χ2n) is 8.88. The quantitative estimate of drug-likeness (QED) is 0.200. The van der Waals surface area contributed by atoms with E-state index >= 15 is 0 Å². The first kappa shape index (κ1) is 27.9. The molecule has 3 aromatic carbocycles. The van der Waals surface area contributed by atoms with Crippen molar-refractivity contribution in [2.24, 2.45) is 0 Å². The maximum Gasteiger partial charge on any atom is 0.416 e. The fourth-order valence-corrected chi connectivity index (χ4v) is 5.17. The van der Waals surface area contributed by atoms with Gasteiger partial charge in [0.1, 0.15) is 5.75 Å². The number of carbonyl (C=O) groups excluding carboxylic acids is 1. The molecule has 0 spiro atoms. The number of carbonyl (C=O) groups is 1. The Kier molecular flexibility index (Phi) is 8.34. The highest BCUT2D eigenvalue weighted by molar-refractivity contribution is 7.98. The largest absolute Gasteiger partial charge is 0.495 e. The van der Waals surface area contributed by atoms with Gasteiger partial charge in [-0.05, 0) is 53.6 Å². The van der Waals surface area contributed by atoms with Gasteiger partial charge < -0.3 is 10.1 Å². The summed E-state index contributed by atoms with van der Waals surface area (Å²) in [6.07, 6.45) is -1.07. The number of hydrogen-bond donors (Lipinski definition) is 1. The van der Waals surface area contributed by atoms with Crippen LogP contribution in [0.15, 0.2) is 102 Å². The van der Waals surface area contributed by atoms with Crippen LogP contribution < -0.4 is 10.1 Å². The molecule has 0 saturated carbocycles. The molecule has 0 saturated heterocycles. The molecule has 0 unspecified atom stereocenters. The first-order valence-corrected chi connectivity index (χ1v) is 13.5. The number of nitrogens with one attached hydrogen (secondary N) is 1. The molecular weight excluding hydrogens is 551 g/mol. The Morgan fingerprint density at radius 1 is 0.976 bits per heavy atom. The number of halogens is 3. The van der Waals surface area contributed by atoms with Crippen molar-refractivity contribution in [1.82, 2.24) is 25.1 Å². The highest BCUT2D eigenvalue weighted by Crippen LogP contribution is 2.34. The number of benzene rings is 3. The third kappa shape index (κ3) is 6.41. The van der Waals surface area contributed by atoms with Crippen molar-refractivity contribution in [2.75, 3.05) is 7.11 Å². The smallest absolute Gasteiger partial charge is 0.416 e. The molecule has 0 bridgehead atoms. The first-order chi connectivity index (χ1) is 19.8. The number of pyridine rings is 1. The molecule has 0 atom stereocenters. The van der Waals surface area contributed by atoms with Crippen LogP contribution in [0, 0.1) is 0 Å². The predicted octanol–water partition coefficient (Wildman–Crippen LogP) is 6.58. The van der Waals surface area contributed by atoms with Gasteiger partial charge in [-0.3, -0.25) is 14.3 Å². The Morgan fingerprint density at radius 3 is 2.56 bits per heavy atom. The van der Waals surface area contributed by atoms with Crippen molar-refractivity contribution >= 4 is 17.7 Å². The molecule has 2 aromatic heterocycles. The van der Waals surface area contributed by atoms with Gasteiger partial charge in [0.15, 0.2) is 11.0 Å². The van der Waals surface area contributed by atoms with Crippen LogP contribution in [-0.4, -0.2) is 32.8 Å². The number of ether oxygens (including phenoxy) is 1. The van der Waals surface area contributed by atoms with E-state index in [1.807, 2.05) is 53.1 Å². The summed E-state index contributed by atoms with van der Waals surface area (Å²) in [5.41, 5.74) is 2.26. The van der Waals surface area contributed by atoms with E-state index in [0.717, 1.165) is 28.9 Å². The Labute approximate surface area is 238 Å². The van der Waals surface area contributed by atoms with Crippen LogP contribution >= 0.6 is 11.8 Å². The van der Waals surface area contributed by atoms with Gasteiger partial charge in [-0.15, -0.1) is 10.2 Å². The van der Waals surface area contributed by atoms with Gasteiger partial charge in [0, 0.05) is 35.8 Å². The standard InChI is InChI=1S/C30H24F3N5O2S/c1-40-26-14-5-4-13-25(26)38-27(21-10-7-15-34-18-21)36-37-29(38)41-19-22-9-2-3-12-24(22)28(39)35-17-20-8-6-11-23(16-20)30(31,32)33/h2-16,18H,17,19H2,1H3,(H,35,39). The minimum absolute atomic E-state index is 0.0408. The van der Waals surface area contributed by atoms with Crippen LogP contribution in [0.4, 0.5) is 13.2 Å². The molecule has 1 amide bonds. The molecule has 11 heteroatoms. The molecule has 7 nitrogen and oxygen atoms in total. The fraction of sp³-hybridized carbons (Fsp3) is 0.133. The summed E-state index contributed by atoms with van der Waals surface area (Å²) in [7, 11) is 1.59. The fourth-order valence-electron chi connectivity index (χ4n) is 4.22. The molecule has 0 radical (unpaired) electrons. The predicted molar refractivity (Wildman–Crippen MR) is 150 cm³/mol. The van der Waals surface area contributed by atoms with Gasteiger partial charge in [0.25, 0.3) is 5.91 Å². The number of amides is 1. The number of hydrogen-bond acceptors (Lipinski definition) is 6. The minimum atomic E-state index is -4.45. The molecule has 0 fully saturated rings. The van der Waals surface area contributed by atoms with Crippen LogP contribution in [0.25, 0.3) is 17.1 Å².